The standard InChI is InChI=1S/C38H48N6O6S/c1-26(2)23-43(51(48,49)31-17-15-30(50-5)16-18-31)25-35(45)34(21-28-11-7-6-8-12-28)41-37(46)36(27(3)4)44-20-19-42(38(44)47)24-29-22-39-32-13-9-10-14-33(32)40-29/h6-18,22,26-27,34-36,45H,19-21,23-25H2,1-5H3,(H,41,46)/t34-,35+,36?/m0/s1. The summed E-state index contributed by atoms with van der Waals surface area (Å²) < 4.78 is 34.2. The van der Waals surface area contributed by atoms with Crippen LogP contribution in [0.25, 0.3) is 11.0 Å². The molecule has 1 fully saturated rings. The highest BCUT2D eigenvalue weighted by molar-refractivity contribution is 7.89. The molecule has 1 unspecified atom stereocenters. The van der Waals surface area contributed by atoms with E-state index in [2.05, 4.69) is 15.3 Å². The fraction of sp³-hybridized carbons (Fsp3) is 0.421. The average molecular weight is 717 g/mol. The normalized spacial score (nSPS) is 15.5. The number of sulfonamides is 1. The van der Waals surface area contributed by atoms with Crippen LogP contribution in [0.2, 0.25) is 0 Å². The lowest BCUT2D eigenvalue weighted by atomic mass is 9.97. The monoisotopic (exact) mass is 716 g/mol. The molecule has 13 heteroatoms. The van der Waals surface area contributed by atoms with Crippen molar-refractivity contribution in [3.05, 3.63) is 96.3 Å². The highest BCUT2D eigenvalue weighted by atomic mass is 32.2. The predicted octanol–water partition coefficient (Wildman–Crippen LogP) is 4.34. The lowest BCUT2D eigenvalue weighted by molar-refractivity contribution is -0.128. The van der Waals surface area contributed by atoms with Gasteiger partial charge in [-0.25, -0.2) is 18.2 Å². The molecule has 0 bridgehead atoms. The van der Waals surface area contributed by atoms with Crippen LogP contribution in [0, 0.1) is 11.8 Å². The third kappa shape index (κ3) is 9.21. The van der Waals surface area contributed by atoms with Gasteiger partial charge in [0, 0.05) is 26.2 Å². The van der Waals surface area contributed by atoms with Crippen molar-refractivity contribution >= 4 is 33.0 Å². The summed E-state index contributed by atoms with van der Waals surface area (Å²) in [4.78, 5) is 40.4. The van der Waals surface area contributed by atoms with Crippen molar-refractivity contribution in [2.75, 3.05) is 33.3 Å². The van der Waals surface area contributed by atoms with E-state index < -0.39 is 34.1 Å². The number of methoxy groups -OCH3 is 1. The van der Waals surface area contributed by atoms with Gasteiger partial charge in [0.2, 0.25) is 15.9 Å². The molecule has 0 aliphatic carbocycles. The molecule has 51 heavy (non-hydrogen) atoms. The number of nitrogens with zero attached hydrogens (tertiary/aromatic N) is 5. The van der Waals surface area contributed by atoms with Crippen molar-refractivity contribution in [3.63, 3.8) is 0 Å². The van der Waals surface area contributed by atoms with E-state index in [1.165, 1.54) is 23.5 Å². The molecular weight excluding hydrogens is 669 g/mol. The minimum atomic E-state index is -4.01. The zero-order chi connectivity index (χ0) is 36.7. The number of aliphatic hydroxyl groups is 1. The van der Waals surface area contributed by atoms with E-state index >= 15 is 0 Å². The highest BCUT2D eigenvalue weighted by Crippen LogP contribution is 2.24. The van der Waals surface area contributed by atoms with E-state index in [4.69, 9.17) is 4.74 Å². The highest BCUT2D eigenvalue weighted by Gasteiger charge is 2.40. The maximum atomic E-state index is 14.2. The second kappa shape index (κ2) is 16.6. The summed E-state index contributed by atoms with van der Waals surface area (Å²) in [6.07, 6.45) is 0.640. The Kier molecular flexibility index (Phi) is 12.3. The summed E-state index contributed by atoms with van der Waals surface area (Å²) in [6.45, 7) is 8.48. The van der Waals surface area contributed by atoms with Gasteiger partial charge in [0.25, 0.3) is 0 Å². The number of carbonyl (C=O) groups is 2. The molecule has 5 rings (SSSR count). The van der Waals surface area contributed by atoms with Gasteiger partial charge in [-0.1, -0.05) is 70.2 Å². The largest absolute Gasteiger partial charge is 0.497 e. The molecule has 1 aliphatic rings. The molecule has 2 heterocycles. The molecule has 0 spiro atoms. The Morgan fingerprint density at radius 3 is 2.25 bits per heavy atom. The topological polar surface area (TPSA) is 145 Å². The minimum Gasteiger partial charge on any atom is -0.497 e. The van der Waals surface area contributed by atoms with Crippen LogP contribution in [0.3, 0.4) is 0 Å². The molecular formula is C38H48N6O6S. The molecule has 3 aromatic carbocycles. The van der Waals surface area contributed by atoms with Gasteiger partial charge in [-0.15, -0.1) is 0 Å². The first-order chi connectivity index (χ1) is 24.4. The van der Waals surface area contributed by atoms with Gasteiger partial charge in [0.1, 0.15) is 11.8 Å². The number of ether oxygens (including phenoxy) is 1. The summed E-state index contributed by atoms with van der Waals surface area (Å²) in [6, 6.07) is 21.1. The van der Waals surface area contributed by atoms with Crippen LogP contribution < -0.4 is 10.1 Å². The number of fused-ring (bicyclic) bond motifs is 1. The lowest BCUT2D eigenvalue weighted by Crippen LogP contribution is -2.57. The Balaban J connectivity index is 1.35. The molecule has 3 amide bonds. The molecule has 0 saturated carbocycles. The molecule has 4 aromatic rings. The number of amides is 3. The Hall–Kier alpha value is -4.59. The van der Waals surface area contributed by atoms with Crippen molar-refractivity contribution < 1.29 is 27.9 Å². The number of aliphatic hydroxyl groups excluding tert-OH is 1. The predicted molar refractivity (Wildman–Crippen MR) is 195 cm³/mol. The van der Waals surface area contributed by atoms with Gasteiger partial charge >= 0.3 is 6.03 Å². The first-order valence-electron chi connectivity index (χ1n) is 17.3. The number of carbonyl (C=O) groups excluding carboxylic acids is 2. The molecule has 0 radical (unpaired) electrons. The minimum absolute atomic E-state index is 0.0394. The first kappa shape index (κ1) is 37.7. The van der Waals surface area contributed by atoms with Crippen molar-refractivity contribution in [2.45, 2.75) is 63.7 Å². The number of hydrogen-bond acceptors (Lipinski definition) is 8. The fourth-order valence-corrected chi connectivity index (χ4v) is 8.03. The number of para-hydroxylation sites is 2. The number of benzene rings is 3. The van der Waals surface area contributed by atoms with E-state index in [1.54, 1.807) is 28.1 Å². The fourth-order valence-electron chi connectivity index (χ4n) is 6.41. The van der Waals surface area contributed by atoms with Gasteiger partial charge in [-0.05, 0) is 60.2 Å². The molecule has 2 N–H and O–H groups in total. The Labute approximate surface area is 300 Å². The van der Waals surface area contributed by atoms with Crippen molar-refractivity contribution in [1.29, 1.82) is 0 Å². The number of urea groups is 1. The summed E-state index contributed by atoms with van der Waals surface area (Å²) in [5, 5.41) is 14.8. The molecule has 12 nitrogen and oxygen atoms in total. The van der Waals surface area contributed by atoms with Crippen molar-refractivity contribution in [3.8, 4) is 5.75 Å². The maximum absolute atomic E-state index is 14.2. The van der Waals surface area contributed by atoms with Gasteiger partial charge in [0.05, 0.1) is 53.6 Å². The summed E-state index contributed by atoms with van der Waals surface area (Å²) >= 11 is 0. The number of hydrogen-bond donors (Lipinski definition) is 2. The van der Waals surface area contributed by atoms with E-state index in [0.717, 1.165) is 16.6 Å². The third-order valence-corrected chi connectivity index (χ3v) is 10.8. The number of nitrogens with one attached hydrogen (secondary N) is 1. The Bertz CT molecular complexity index is 1890. The van der Waals surface area contributed by atoms with E-state index in [9.17, 15) is 23.1 Å². The molecule has 272 valence electrons. The second-order valence-electron chi connectivity index (χ2n) is 13.7. The number of aromatic nitrogens is 2. The van der Waals surface area contributed by atoms with E-state index in [1.807, 2.05) is 82.3 Å². The van der Waals surface area contributed by atoms with E-state index in [-0.39, 0.29) is 48.8 Å². The van der Waals surface area contributed by atoms with Crippen LogP contribution in [0.5, 0.6) is 5.75 Å². The smallest absolute Gasteiger partial charge is 0.321 e. The lowest BCUT2D eigenvalue weighted by Gasteiger charge is -2.34. The summed E-state index contributed by atoms with van der Waals surface area (Å²) in [5.41, 5.74) is 3.02. The van der Waals surface area contributed by atoms with Crippen LogP contribution in [-0.4, -0.2) is 101 Å². The maximum Gasteiger partial charge on any atom is 0.321 e. The van der Waals surface area contributed by atoms with Crippen molar-refractivity contribution in [1.82, 2.24) is 29.4 Å². The Morgan fingerprint density at radius 2 is 1.61 bits per heavy atom. The van der Waals surface area contributed by atoms with Gasteiger partial charge in [-0.3, -0.25) is 9.78 Å². The van der Waals surface area contributed by atoms with Gasteiger partial charge in [0.15, 0.2) is 0 Å². The molecule has 1 saturated heterocycles. The zero-order valence-electron chi connectivity index (χ0n) is 29.8. The van der Waals surface area contributed by atoms with Gasteiger partial charge in [-0.2, -0.15) is 4.31 Å². The molecule has 1 aromatic heterocycles. The second-order valence-corrected chi connectivity index (χ2v) is 15.6. The molecule has 3 atom stereocenters. The quantitative estimate of drug-likeness (QED) is 0.174. The molecule has 1 aliphatic heterocycles. The van der Waals surface area contributed by atoms with Crippen LogP contribution in [0.15, 0.2) is 90.0 Å². The summed E-state index contributed by atoms with van der Waals surface area (Å²) in [7, 11) is -2.50. The zero-order valence-corrected chi connectivity index (χ0v) is 30.7. The first-order valence-corrected chi connectivity index (χ1v) is 18.7. The third-order valence-electron chi connectivity index (χ3n) is 8.96. The van der Waals surface area contributed by atoms with Crippen LogP contribution >= 0.6 is 0 Å². The van der Waals surface area contributed by atoms with Gasteiger partial charge < -0.3 is 25.0 Å². The van der Waals surface area contributed by atoms with Crippen LogP contribution in [0.4, 0.5) is 4.79 Å². The van der Waals surface area contributed by atoms with Crippen LogP contribution in [-0.2, 0) is 27.8 Å². The van der Waals surface area contributed by atoms with Crippen molar-refractivity contribution in [2.24, 2.45) is 11.8 Å². The Morgan fingerprint density at radius 1 is 0.941 bits per heavy atom. The number of rotatable bonds is 16. The average Bonchev–Trinajstić information content (AvgIpc) is 3.46. The SMILES string of the molecule is COc1ccc(S(=O)(=O)N(CC(C)C)C[C@@H](O)[C@H](Cc2ccccc2)NC(=O)C(C(C)C)N2CCN(Cc3cnc4ccccc4n3)C2=O)cc1. The van der Waals surface area contributed by atoms with Crippen LogP contribution in [0.1, 0.15) is 39.0 Å². The van der Waals surface area contributed by atoms with E-state index in [0.29, 0.717) is 24.5 Å². The summed E-state index contributed by atoms with van der Waals surface area (Å²) in [5.74, 6) is -0.185.